The zero-order valence-corrected chi connectivity index (χ0v) is 11.3. The van der Waals surface area contributed by atoms with Gasteiger partial charge >= 0.3 is 6.09 Å². The van der Waals surface area contributed by atoms with Crippen molar-refractivity contribution in [3.8, 4) is 0 Å². The van der Waals surface area contributed by atoms with Gasteiger partial charge in [-0.05, 0) is 53.0 Å². The van der Waals surface area contributed by atoms with Crippen molar-refractivity contribution < 1.29 is 9.53 Å². The van der Waals surface area contributed by atoms with E-state index in [9.17, 15) is 4.79 Å². The highest BCUT2D eigenvalue weighted by molar-refractivity contribution is 5.69. The van der Waals surface area contributed by atoms with Crippen LogP contribution in [0.2, 0.25) is 0 Å². The number of rotatable bonds is 0. The summed E-state index contributed by atoms with van der Waals surface area (Å²) in [5, 5.41) is 3.37. The fraction of sp³-hybridized carbons (Fsp3) is 0.923. The van der Waals surface area contributed by atoms with Crippen LogP contribution in [-0.4, -0.2) is 41.8 Å². The first-order valence-electron chi connectivity index (χ1n) is 6.60. The third kappa shape index (κ3) is 2.73. The largest absolute Gasteiger partial charge is 0.444 e. The third-order valence-electron chi connectivity index (χ3n) is 3.67. The molecule has 0 aromatic carbocycles. The highest BCUT2D eigenvalue weighted by Gasteiger charge is 2.44. The number of nitrogens with zero attached hydrogens (tertiary/aromatic N) is 1. The molecular weight excluding hydrogens is 216 g/mol. The van der Waals surface area contributed by atoms with Crippen LogP contribution in [0, 0.1) is 5.92 Å². The molecule has 1 amide bonds. The Morgan fingerprint density at radius 2 is 2.12 bits per heavy atom. The number of ether oxygens (including phenoxy) is 1. The van der Waals surface area contributed by atoms with Gasteiger partial charge in [0.05, 0.1) is 6.04 Å². The number of carbonyl (C=O) groups is 1. The standard InChI is InChI=1S/C13H24N2O2/c1-9-7-10-5-6-14-8-11(10)15(9)12(16)17-13(2,3)4/h9-11,14H,5-8H2,1-4H3. The van der Waals surface area contributed by atoms with Crippen molar-refractivity contribution in [2.45, 2.75) is 58.2 Å². The molecule has 4 nitrogen and oxygen atoms in total. The summed E-state index contributed by atoms with van der Waals surface area (Å²) in [5.74, 6) is 0.652. The summed E-state index contributed by atoms with van der Waals surface area (Å²) in [5.41, 5.74) is -0.406. The van der Waals surface area contributed by atoms with E-state index in [2.05, 4.69) is 12.2 Å². The maximum Gasteiger partial charge on any atom is 0.410 e. The first-order valence-corrected chi connectivity index (χ1v) is 6.60. The lowest BCUT2D eigenvalue weighted by atomic mass is 9.93. The quantitative estimate of drug-likeness (QED) is 0.704. The molecule has 3 unspecified atom stereocenters. The lowest BCUT2D eigenvalue weighted by molar-refractivity contribution is 0.0132. The van der Waals surface area contributed by atoms with Crippen molar-refractivity contribution in [3.63, 3.8) is 0 Å². The lowest BCUT2D eigenvalue weighted by Gasteiger charge is -2.34. The number of amides is 1. The molecule has 2 fully saturated rings. The van der Waals surface area contributed by atoms with Crippen molar-refractivity contribution in [3.05, 3.63) is 0 Å². The van der Waals surface area contributed by atoms with Gasteiger partial charge in [-0.1, -0.05) is 0 Å². The summed E-state index contributed by atoms with van der Waals surface area (Å²) < 4.78 is 5.50. The SMILES string of the molecule is CC1CC2CCNCC2N1C(=O)OC(C)(C)C. The topological polar surface area (TPSA) is 41.6 Å². The minimum absolute atomic E-state index is 0.152. The minimum atomic E-state index is -0.406. The molecule has 2 saturated heterocycles. The molecule has 0 aliphatic carbocycles. The average Bonchev–Trinajstić information content (AvgIpc) is 2.50. The van der Waals surface area contributed by atoms with Gasteiger partial charge in [0.1, 0.15) is 5.60 Å². The van der Waals surface area contributed by atoms with Gasteiger partial charge in [-0.3, -0.25) is 0 Å². The molecule has 2 aliphatic heterocycles. The van der Waals surface area contributed by atoms with Crippen LogP contribution in [0.15, 0.2) is 0 Å². The number of likely N-dealkylation sites (tertiary alicyclic amines) is 1. The summed E-state index contributed by atoms with van der Waals surface area (Å²) in [6, 6.07) is 0.633. The summed E-state index contributed by atoms with van der Waals surface area (Å²) in [4.78, 5) is 14.1. The summed E-state index contributed by atoms with van der Waals surface area (Å²) in [6.07, 6.45) is 2.14. The Bertz CT molecular complexity index is 298. The Kier molecular flexibility index (Phi) is 3.34. The van der Waals surface area contributed by atoms with Crippen molar-refractivity contribution in [1.29, 1.82) is 0 Å². The molecule has 0 aromatic heterocycles. The van der Waals surface area contributed by atoms with Crippen LogP contribution in [0.5, 0.6) is 0 Å². The Morgan fingerprint density at radius 3 is 2.76 bits per heavy atom. The molecule has 2 aliphatic rings. The van der Waals surface area contributed by atoms with Gasteiger partial charge in [0.15, 0.2) is 0 Å². The molecule has 1 N–H and O–H groups in total. The van der Waals surface area contributed by atoms with E-state index >= 15 is 0 Å². The van der Waals surface area contributed by atoms with Crippen LogP contribution in [0.25, 0.3) is 0 Å². The van der Waals surface area contributed by atoms with Crippen LogP contribution in [0.4, 0.5) is 4.79 Å². The van der Waals surface area contributed by atoms with Gasteiger partial charge < -0.3 is 15.0 Å². The highest BCUT2D eigenvalue weighted by Crippen LogP contribution is 2.34. The third-order valence-corrected chi connectivity index (χ3v) is 3.67. The Hall–Kier alpha value is -0.770. The molecule has 98 valence electrons. The second-order valence-corrected chi connectivity index (χ2v) is 6.29. The van der Waals surface area contributed by atoms with Gasteiger partial charge in [0.25, 0.3) is 0 Å². The minimum Gasteiger partial charge on any atom is -0.444 e. The summed E-state index contributed by atoms with van der Waals surface area (Å²) in [7, 11) is 0. The van der Waals surface area contributed by atoms with Crippen molar-refractivity contribution >= 4 is 6.09 Å². The second kappa shape index (κ2) is 4.48. The highest BCUT2D eigenvalue weighted by atomic mass is 16.6. The van der Waals surface area contributed by atoms with E-state index in [1.807, 2.05) is 25.7 Å². The first-order chi connectivity index (χ1) is 7.88. The maximum absolute atomic E-state index is 12.2. The average molecular weight is 240 g/mol. The zero-order valence-electron chi connectivity index (χ0n) is 11.3. The molecular formula is C13H24N2O2. The molecule has 0 spiro atoms. The van der Waals surface area contributed by atoms with Crippen molar-refractivity contribution in [1.82, 2.24) is 10.2 Å². The molecule has 17 heavy (non-hydrogen) atoms. The van der Waals surface area contributed by atoms with Crippen LogP contribution < -0.4 is 5.32 Å². The van der Waals surface area contributed by atoms with Crippen LogP contribution in [0.3, 0.4) is 0 Å². The molecule has 0 radical (unpaired) electrons. The molecule has 0 bridgehead atoms. The van der Waals surface area contributed by atoms with E-state index in [0.717, 1.165) is 19.5 Å². The zero-order chi connectivity index (χ0) is 12.6. The van der Waals surface area contributed by atoms with Gasteiger partial charge in [0, 0.05) is 12.6 Å². The van der Waals surface area contributed by atoms with Gasteiger partial charge in [0.2, 0.25) is 0 Å². The molecule has 2 heterocycles. The van der Waals surface area contributed by atoms with E-state index in [1.54, 1.807) is 0 Å². The second-order valence-electron chi connectivity index (χ2n) is 6.29. The first kappa shape index (κ1) is 12.7. The summed E-state index contributed by atoms with van der Waals surface area (Å²) in [6.45, 7) is 9.87. The number of fused-ring (bicyclic) bond motifs is 1. The van der Waals surface area contributed by atoms with Crippen LogP contribution >= 0.6 is 0 Å². The number of hydrogen-bond donors (Lipinski definition) is 1. The lowest BCUT2D eigenvalue weighted by Crippen LogP contribution is -2.50. The number of piperidine rings is 1. The fourth-order valence-corrected chi connectivity index (χ4v) is 3.01. The predicted molar refractivity (Wildman–Crippen MR) is 66.9 cm³/mol. The summed E-state index contributed by atoms with van der Waals surface area (Å²) >= 11 is 0. The van der Waals surface area contributed by atoms with E-state index < -0.39 is 5.60 Å². The molecule has 0 saturated carbocycles. The molecule has 2 rings (SSSR count). The number of carbonyl (C=O) groups excluding carboxylic acids is 1. The maximum atomic E-state index is 12.2. The van der Waals surface area contributed by atoms with E-state index in [0.29, 0.717) is 18.0 Å². The molecule has 4 heteroatoms. The Labute approximate surface area is 104 Å². The normalized spacial score (nSPS) is 33.4. The van der Waals surface area contributed by atoms with Gasteiger partial charge in [-0.15, -0.1) is 0 Å². The van der Waals surface area contributed by atoms with Crippen LogP contribution in [-0.2, 0) is 4.74 Å². The van der Waals surface area contributed by atoms with Crippen LogP contribution in [0.1, 0.15) is 40.5 Å². The Balaban J connectivity index is 2.06. The Morgan fingerprint density at radius 1 is 1.41 bits per heavy atom. The van der Waals surface area contributed by atoms with E-state index in [-0.39, 0.29) is 6.09 Å². The predicted octanol–water partition coefficient (Wildman–Crippen LogP) is 1.99. The molecule has 3 atom stereocenters. The fourth-order valence-electron chi connectivity index (χ4n) is 3.01. The van der Waals surface area contributed by atoms with Gasteiger partial charge in [-0.25, -0.2) is 4.79 Å². The van der Waals surface area contributed by atoms with E-state index in [4.69, 9.17) is 4.74 Å². The number of hydrogen-bond acceptors (Lipinski definition) is 3. The van der Waals surface area contributed by atoms with Gasteiger partial charge in [-0.2, -0.15) is 0 Å². The van der Waals surface area contributed by atoms with Crippen molar-refractivity contribution in [2.75, 3.05) is 13.1 Å². The smallest absolute Gasteiger partial charge is 0.410 e. The molecule has 0 aromatic rings. The van der Waals surface area contributed by atoms with E-state index in [1.165, 1.54) is 6.42 Å². The number of nitrogens with one attached hydrogen (secondary N) is 1. The van der Waals surface area contributed by atoms with Crippen molar-refractivity contribution in [2.24, 2.45) is 5.92 Å². The monoisotopic (exact) mass is 240 g/mol.